The van der Waals surface area contributed by atoms with Crippen LogP contribution in [0, 0.1) is 0 Å². The summed E-state index contributed by atoms with van der Waals surface area (Å²) < 4.78 is 1.16. The Morgan fingerprint density at radius 3 is 2.44 bits per heavy atom. The summed E-state index contributed by atoms with van der Waals surface area (Å²) in [5.74, 6) is 0. The van der Waals surface area contributed by atoms with Gasteiger partial charge < -0.3 is 15.5 Å². The van der Waals surface area contributed by atoms with Crippen LogP contribution >= 0.6 is 15.9 Å². The normalized spacial score (nSPS) is 11.5. The molecule has 0 bridgehead atoms. The van der Waals surface area contributed by atoms with E-state index in [2.05, 4.69) is 65.1 Å². The summed E-state index contributed by atoms with van der Waals surface area (Å²) in [4.78, 5) is 4.57. The van der Waals surface area contributed by atoms with Gasteiger partial charge in [0.25, 0.3) is 0 Å². The van der Waals surface area contributed by atoms with E-state index in [0.717, 1.165) is 24.1 Å². The number of nitrogens with zero attached hydrogens (tertiary/aromatic N) is 2. The third kappa shape index (κ3) is 5.48. The van der Waals surface area contributed by atoms with Gasteiger partial charge in [-0.1, -0.05) is 28.1 Å². The molecule has 0 unspecified atom stereocenters. The maximum atomic E-state index is 5.63. The van der Waals surface area contributed by atoms with Gasteiger partial charge in [-0.3, -0.25) is 0 Å². The molecule has 102 valence electrons. The van der Waals surface area contributed by atoms with E-state index in [1.165, 1.54) is 17.5 Å². The topological polar surface area (TPSA) is 32.5 Å². The van der Waals surface area contributed by atoms with Crippen molar-refractivity contribution in [1.82, 2.24) is 9.80 Å². The molecule has 0 saturated carbocycles. The second-order valence-corrected chi connectivity index (χ2v) is 5.88. The number of hydrogen-bond acceptors (Lipinski definition) is 3. The minimum atomic E-state index is 0.595. The van der Waals surface area contributed by atoms with Crippen molar-refractivity contribution in [3.63, 3.8) is 0 Å². The fourth-order valence-corrected chi connectivity index (χ4v) is 2.42. The van der Waals surface area contributed by atoms with Crippen LogP contribution in [0.1, 0.15) is 17.5 Å². The summed E-state index contributed by atoms with van der Waals surface area (Å²) in [5.41, 5.74) is 8.11. The minimum absolute atomic E-state index is 0.595. The Labute approximate surface area is 119 Å². The Balaban J connectivity index is 2.46. The molecule has 1 aromatic rings. The minimum Gasteiger partial charge on any atom is -0.326 e. The molecule has 0 atom stereocenters. The van der Waals surface area contributed by atoms with Crippen molar-refractivity contribution < 1.29 is 0 Å². The van der Waals surface area contributed by atoms with Crippen molar-refractivity contribution in [2.24, 2.45) is 5.73 Å². The average Bonchev–Trinajstić information content (AvgIpc) is 2.31. The van der Waals surface area contributed by atoms with E-state index in [4.69, 9.17) is 5.73 Å². The Bertz CT molecular complexity index is 366. The lowest BCUT2D eigenvalue weighted by Gasteiger charge is -2.19. The predicted octanol–water partition coefficient (Wildman–Crippen LogP) is 2.29. The molecule has 18 heavy (non-hydrogen) atoms. The second kappa shape index (κ2) is 7.89. The third-order valence-corrected chi connectivity index (χ3v) is 3.68. The van der Waals surface area contributed by atoms with E-state index in [0.29, 0.717) is 6.54 Å². The molecule has 0 saturated heterocycles. The van der Waals surface area contributed by atoms with Gasteiger partial charge in [-0.2, -0.15) is 0 Å². The molecule has 0 spiro atoms. The summed E-state index contributed by atoms with van der Waals surface area (Å²) >= 11 is 3.62. The molecule has 0 aromatic heterocycles. The molecular formula is C14H24BrN3. The highest BCUT2D eigenvalue weighted by Crippen LogP contribution is 2.19. The van der Waals surface area contributed by atoms with Crippen LogP contribution in [-0.2, 0) is 13.1 Å². The summed E-state index contributed by atoms with van der Waals surface area (Å²) in [7, 11) is 6.39. The lowest BCUT2D eigenvalue weighted by molar-refractivity contribution is 0.294. The van der Waals surface area contributed by atoms with Crippen molar-refractivity contribution in [1.29, 1.82) is 0 Å². The van der Waals surface area contributed by atoms with Crippen LogP contribution in [0.15, 0.2) is 22.7 Å². The highest BCUT2D eigenvalue weighted by Gasteiger charge is 2.05. The lowest BCUT2D eigenvalue weighted by atomic mass is 10.1. The van der Waals surface area contributed by atoms with Crippen molar-refractivity contribution in [2.45, 2.75) is 19.5 Å². The standard InChI is InChI=1S/C14H24BrN3/c1-17(2)7-4-8-18(3)11-13-6-5-12(10-16)9-14(13)15/h5-6,9H,4,7-8,10-11,16H2,1-3H3. The monoisotopic (exact) mass is 313 g/mol. The summed E-state index contributed by atoms with van der Waals surface area (Å²) in [5, 5.41) is 0. The van der Waals surface area contributed by atoms with Gasteiger partial charge in [0.15, 0.2) is 0 Å². The summed E-state index contributed by atoms with van der Waals surface area (Å²) in [6.07, 6.45) is 1.20. The van der Waals surface area contributed by atoms with Crippen molar-refractivity contribution in [3.8, 4) is 0 Å². The van der Waals surface area contributed by atoms with Gasteiger partial charge in [-0.05, 0) is 57.8 Å². The first-order chi connectivity index (χ1) is 8.52. The molecule has 0 amide bonds. The average molecular weight is 314 g/mol. The molecule has 4 heteroatoms. The van der Waals surface area contributed by atoms with Gasteiger partial charge in [-0.15, -0.1) is 0 Å². The Kier molecular flexibility index (Phi) is 6.86. The predicted molar refractivity (Wildman–Crippen MR) is 81.5 cm³/mol. The van der Waals surface area contributed by atoms with Gasteiger partial charge in [0.1, 0.15) is 0 Å². The van der Waals surface area contributed by atoms with Gasteiger partial charge in [0, 0.05) is 17.6 Å². The molecule has 0 radical (unpaired) electrons. The summed E-state index contributed by atoms with van der Waals surface area (Å²) in [6, 6.07) is 6.38. The van der Waals surface area contributed by atoms with E-state index in [1.807, 2.05) is 0 Å². The molecule has 1 rings (SSSR count). The van der Waals surface area contributed by atoms with Crippen molar-refractivity contribution >= 4 is 15.9 Å². The van der Waals surface area contributed by atoms with Crippen LogP contribution in [0.25, 0.3) is 0 Å². The van der Waals surface area contributed by atoms with Crippen LogP contribution in [0.4, 0.5) is 0 Å². The third-order valence-electron chi connectivity index (χ3n) is 2.94. The summed E-state index contributed by atoms with van der Waals surface area (Å²) in [6.45, 7) is 3.82. The van der Waals surface area contributed by atoms with Gasteiger partial charge in [0.05, 0.1) is 0 Å². The van der Waals surface area contributed by atoms with Crippen LogP contribution in [0.5, 0.6) is 0 Å². The molecule has 0 aliphatic rings. The Morgan fingerprint density at radius 2 is 1.89 bits per heavy atom. The van der Waals surface area contributed by atoms with E-state index in [1.54, 1.807) is 0 Å². The first-order valence-electron chi connectivity index (χ1n) is 6.33. The highest BCUT2D eigenvalue weighted by molar-refractivity contribution is 9.10. The van der Waals surface area contributed by atoms with E-state index < -0.39 is 0 Å². The van der Waals surface area contributed by atoms with Crippen LogP contribution in [0.3, 0.4) is 0 Å². The second-order valence-electron chi connectivity index (χ2n) is 5.02. The van der Waals surface area contributed by atoms with E-state index >= 15 is 0 Å². The SMILES string of the molecule is CN(C)CCCN(C)Cc1ccc(CN)cc1Br. The molecule has 2 N–H and O–H groups in total. The smallest absolute Gasteiger partial charge is 0.0241 e. The number of hydrogen-bond donors (Lipinski definition) is 1. The fourth-order valence-electron chi connectivity index (χ4n) is 1.87. The lowest BCUT2D eigenvalue weighted by Crippen LogP contribution is -2.23. The van der Waals surface area contributed by atoms with Crippen molar-refractivity contribution in [3.05, 3.63) is 33.8 Å². The zero-order valence-corrected chi connectivity index (χ0v) is 13.2. The molecule has 0 aliphatic heterocycles. The first-order valence-corrected chi connectivity index (χ1v) is 7.13. The number of rotatable bonds is 7. The maximum Gasteiger partial charge on any atom is 0.0241 e. The largest absolute Gasteiger partial charge is 0.326 e. The van der Waals surface area contributed by atoms with E-state index in [9.17, 15) is 0 Å². The molecule has 0 heterocycles. The van der Waals surface area contributed by atoms with Gasteiger partial charge in [-0.25, -0.2) is 0 Å². The fraction of sp³-hybridized carbons (Fsp3) is 0.571. The quantitative estimate of drug-likeness (QED) is 0.838. The van der Waals surface area contributed by atoms with Gasteiger partial charge >= 0.3 is 0 Å². The maximum absolute atomic E-state index is 5.63. The van der Waals surface area contributed by atoms with Crippen molar-refractivity contribution in [2.75, 3.05) is 34.2 Å². The molecule has 1 aromatic carbocycles. The molecule has 3 nitrogen and oxygen atoms in total. The van der Waals surface area contributed by atoms with Crippen LogP contribution in [-0.4, -0.2) is 44.0 Å². The number of nitrogens with two attached hydrogens (primary N) is 1. The highest BCUT2D eigenvalue weighted by atomic mass is 79.9. The molecule has 0 fully saturated rings. The number of benzene rings is 1. The first kappa shape index (κ1) is 15.6. The van der Waals surface area contributed by atoms with Crippen LogP contribution in [0.2, 0.25) is 0 Å². The number of halogens is 1. The zero-order chi connectivity index (χ0) is 13.5. The van der Waals surface area contributed by atoms with Gasteiger partial charge in [0.2, 0.25) is 0 Å². The molecular weight excluding hydrogens is 290 g/mol. The Hall–Kier alpha value is -0.420. The molecule has 0 aliphatic carbocycles. The Morgan fingerprint density at radius 1 is 1.17 bits per heavy atom. The zero-order valence-electron chi connectivity index (χ0n) is 11.6. The van der Waals surface area contributed by atoms with E-state index in [-0.39, 0.29) is 0 Å². The van der Waals surface area contributed by atoms with Crippen LogP contribution < -0.4 is 5.73 Å².